The second-order valence-electron chi connectivity index (χ2n) is 8.06. The van der Waals surface area contributed by atoms with Gasteiger partial charge in [0.05, 0.1) is 17.1 Å². The van der Waals surface area contributed by atoms with Crippen molar-refractivity contribution in [2.45, 2.75) is 52.1 Å². The van der Waals surface area contributed by atoms with Gasteiger partial charge in [-0.25, -0.2) is 9.37 Å². The fourth-order valence-corrected chi connectivity index (χ4v) is 4.32. The lowest BCUT2D eigenvalue weighted by Crippen LogP contribution is -2.36. The summed E-state index contributed by atoms with van der Waals surface area (Å²) < 4.78 is 16.3. The van der Waals surface area contributed by atoms with Crippen LogP contribution in [0.2, 0.25) is 0 Å². The number of hydrogen-bond acceptors (Lipinski definition) is 4. The highest BCUT2D eigenvalue weighted by Gasteiger charge is 2.32. The molecule has 0 aliphatic heterocycles. The Labute approximate surface area is 174 Å². The summed E-state index contributed by atoms with van der Waals surface area (Å²) in [5, 5.41) is 16.4. The number of rotatable bonds is 5. The number of halogens is 1. The van der Waals surface area contributed by atoms with Gasteiger partial charge in [0.2, 0.25) is 0 Å². The molecule has 0 saturated heterocycles. The second-order valence-corrected chi connectivity index (χ2v) is 8.06. The Morgan fingerprint density at radius 1 is 1.37 bits per heavy atom. The predicted octanol–water partition coefficient (Wildman–Crippen LogP) is 4.09. The molecule has 2 N–H and O–H groups in total. The second kappa shape index (κ2) is 8.27. The number of amides is 1. The highest BCUT2D eigenvalue weighted by atomic mass is 19.1. The number of nitrogens with zero attached hydrogens (tertiary/aromatic N) is 4. The van der Waals surface area contributed by atoms with Gasteiger partial charge in [-0.1, -0.05) is 19.8 Å². The third-order valence-corrected chi connectivity index (χ3v) is 6.09. The SMILES string of the molecule is CCn1nccc1C(=O)N[C@H](c1nc2c(F)c(C#N)ccc2[nH]1)C1CCC(C)CC1. The van der Waals surface area contributed by atoms with Gasteiger partial charge < -0.3 is 10.3 Å². The number of H-pyrrole nitrogens is 1. The third kappa shape index (κ3) is 3.67. The quantitative estimate of drug-likeness (QED) is 0.664. The van der Waals surface area contributed by atoms with Crippen LogP contribution in [0.25, 0.3) is 11.0 Å². The van der Waals surface area contributed by atoms with Crippen molar-refractivity contribution >= 4 is 16.9 Å². The summed E-state index contributed by atoms with van der Waals surface area (Å²) in [5.41, 5.74) is 1.09. The molecule has 8 heteroatoms. The Kier molecular flexibility index (Phi) is 5.53. The Hall–Kier alpha value is -3.21. The fraction of sp³-hybridized carbons (Fsp3) is 0.455. The molecule has 1 fully saturated rings. The van der Waals surface area contributed by atoms with E-state index in [1.807, 2.05) is 13.0 Å². The number of benzene rings is 1. The van der Waals surface area contributed by atoms with E-state index in [4.69, 9.17) is 5.26 Å². The molecule has 156 valence electrons. The smallest absolute Gasteiger partial charge is 0.270 e. The molecule has 1 aromatic carbocycles. The first-order valence-corrected chi connectivity index (χ1v) is 10.4. The van der Waals surface area contributed by atoms with Gasteiger partial charge in [-0.05, 0) is 49.8 Å². The molecule has 0 radical (unpaired) electrons. The molecule has 0 bridgehead atoms. The summed E-state index contributed by atoms with van der Waals surface area (Å²) in [4.78, 5) is 20.7. The predicted molar refractivity (Wildman–Crippen MR) is 110 cm³/mol. The van der Waals surface area contributed by atoms with Gasteiger partial charge in [-0.2, -0.15) is 10.4 Å². The fourth-order valence-electron chi connectivity index (χ4n) is 4.32. The first-order valence-electron chi connectivity index (χ1n) is 10.4. The maximum absolute atomic E-state index is 14.6. The number of imidazole rings is 1. The van der Waals surface area contributed by atoms with Crippen LogP contribution in [-0.2, 0) is 6.54 Å². The molecule has 7 nitrogen and oxygen atoms in total. The summed E-state index contributed by atoms with van der Waals surface area (Å²) in [6.07, 6.45) is 5.69. The van der Waals surface area contributed by atoms with E-state index in [-0.39, 0.29) is 28.9 Å². The molecule has 3 aromatic rings. The van der Waals surface area contributed by atoms with Gasteiger partial charge in [0.1, 0.15) is 23.1 Å². The molecule has 0 unspecified atom stereocenters. The minimum atomic E-state index is -0.635. The molecule has 2 aromatic heterocycles. The van der Waals surface area contributed by atoms with Gasteiger partial charge >= 0.3 is 0 Å². The topological polar surface area (TPSA) is 99.4 Å². The number of carbonyl (C=O) groups excluding carboxylic acids is 1. The zero-order chi connectivity index (χ0) is 21.3. The largest absolute Gasteiger partial charge is 0.340 e. The Balaban J connectivity index is 1.70. The molecule has 4 rings (SSSR count). The van der Waals surface area contributed by atoms with Gasteiger partial charge in [-0.15, -0.1) is 0 Å². The number of nitriles is 1. The van der Waals surface area contributed by atoms with E-state index in [2.05, 4.69) is 27.3 Å². The van der Waals surface area contributed by atoms with Crippen LogP contribution in [0.3, 0.4) is 0 Å². The van der Waals surface area contributed by atoms with Crippen LogP contribution in [0.1, 0.15) is 67.4 Å². The standard InChI is InChI=1S/C22H25FN6O/c1-3-29-17(10-11-25-29)22(30)28-19(14-6-4-13(2)5-7-14)21-26-16-9-8-15(12-24)18(23)20(16)27-21/h8-11,13-14,19H,3-7H2,1-2H3,(H,26,27)(H,28,30)/t13?,14?,19-/m0/s1. The van der Waals surface area contributed by atoms with Gasteiger partial charge in [0.25, 0.3) is 5.91 Å². The summed E-state index contributed by atoms with van der Waals surface area (Å²) in [6, 6.07) is 6.26. The molecule has 1 amide bonds. The lowest BCUT2D eigenvalue weighted by Gasteiger charge is -2.32. The number of aromatic amines is 1. The maximum Gasteiger partial charge on any atom is 0.270 e. The minimum absolute atomic E-state index is 0.0422. The van der Waals surface area contributed by atoms with E-state index in [1.54, 1.807) is 23.0 Å². The molecule has 1 atom stereocenters. The van der Waals surface area contributed by atoms with Crippen LogP contribution in [0.4, 0.5) is 4.39 Å². The van der Waals surface area contributed by atoms with E-state index in [0.717, 1.165) is 25.7 Å². The van der Waals surface area contributed by atoms with Crippen molar-refractivity contribution in [2.24, 2.45) is 11.8 Å². The number of carbonyl (C=O) groups is 1. The number of nitrogens with one attached hydrogen (secondary N) is 2. The summed E-state index contributed by atoms with van der Waals surface area (Å²) in [6.45, 7) is 4.76. The van der Waals surface area contributed by atoms with Crippen molar-refractivity contribution < 1.29 is 9.18 Å². The molecule has 1 saturated carbocycles. The zero-order valence-electron chi connectivity index (χ0n) is 17.2. The van der Waals surface area contributed by atoms with Gasteiger partial charge in [0, 0.05) is 12.7 Å². The van der Waals surface area contributed by atoms with Crippen LogP contribution in [0.5, 0.6) is 0 Å². The number of fused-ring (bicyclic) bond motifs is 1. The number of aryl methyl sites for hydroxylation is 1. The van der Waals surface area contributed by atoms with Crippen LogP contribution in [0, 0.1) is 29.0 Å². The van der Waals surface area contributed by atoms with E-state index < -0.39 is 5.82 Å². The van der Waals surface area contributed by atoms with Crippen LogP contribution in [0.15, 0.2) is 24.4 Å². The minimum Gasteiger partial charge on any atom is -0.340 e. The maximum atomic E-state index is 14.6. The summed E-state index contributed by atoms with van der Waals surface area (Å²) in [5.74, 6) is 0.516. The van der Waals surface area contributed by atoms with E-state index in [1.165, 1.54) is 6.07 Å². The summed E-state index contributed by atoms with van der Waals surface area (Å²) in [7, 11) is 0. The number of hydrogen-bond donors (Lipinski definition) is 2. The van der Waals surface area contributed by atoms with E-state index >= 15 is 0 Å². The normalized spacial score (nSPS) is 20.1. The molecule has 1 aliphatic carbocycles. The van der Waals surface area contributed by atoms with E-state index in [0.29, 0.717) is 29.5 Å². The number of aromatic nitrogens is 4. The summed E-state index contributed by atoms with van der Waals surface area (Å²) >= 11 is 0. The monoisotopic (exact) mass is 408 g/mol. The third-order valence-electron chi connectivity index (χ3n) is 6.09. The molecular formula is C22H25FN6O. The molecular weight excluding hydrogens is 383 g/mol. The Morgan fingerprint density at radius 2 is 2.13 bits per heavy atom. The Morgan fingerprint density at radius 3 is 2.83 bits per heavy atom. The lowest BCUT2D eigenvalue weighted by molar-refractivity contribution is 0.0894. The Bertz CT molecular complexity index is 1100. The zero-order valence-corrected chi connectivity index (χ0v) is 17.2. The van der Waals surface area contributed by atoms with Gasteiger partial charge in [0.15, 0.2) is 5.82 Å². The van der Waals surface area contributed by atoms with E-state index in [9.17, 15) is 9.18 Å². The highest BCUT2D eigenvalue weighted by molar-refractivity contribution is 5.92. The molecule has 1 aliphatic rings. The van der Waals surface area contributed by atoms with Crippen molar-refractivity contribution in [3.63, 3.8) is 0 Å². The van der Waals surface area contributed by atoms with Crippen molar-refractivity contribution in [2.75, 3.05) is 0 Å². The average molecular weight is 408 g/mol. The van der Waals surface area contributed by atoms with Gasteiger partial charge in [-0.3, -0.25) is 9.48 Å². The van der Waals surface area contributed by atoms with Crippen molar-refractivity contribution in [3.05, 3.63) is 47.3 Å². The van der Waals surface area contributed by atoms with Crippen molar-refractivity contribution in [1.82, 2.24) is 25.1 Å². The molecule has 0 spiro atoms. The lowest BCUT2D eigenvalue weighted by atomic mass is 9.79. The highest BCUT2D eigenvalue weighted by Crippen LogP contribution is 2.37. The van der Waals surface area contributed by atoms with Crippen LogP contribution in [-0.4, -0.2) is 25.7 Å². The van der Waals surface area contributed by atoms with Crippen LogP contribution < -0.4 is 5.32 Å². The first kappa shape index (κ1) is 20.1. The van der Waals surface area contributed by atoms with Crippen molar-refractivity contribution in [3.8, 4) is 6.07 Å². The van der Waals surface area contributed by atoms with Crippen LogP contribution >= 0.6 is 0 Å². The first-order chi connectivity index (χ1) is 14.5. The van der Waals surface area contributed by atoms with Crippen molar-refractivity contribution in [1.29, 1.82) is 5.26 Å². The average Bonchev–Trinajstić information content (AvgIpc) is 3.40. The molecule has 2 heterocycles. The molecule has 30 heavy (non-hydrogen) atoms.